The normalized spacial score (nSPS) is 13.5. The first-order valence-corrected chi connectivity index (χ1v) is 35.9. The molecule has 1 aliphatic heterocycles. The average Bonchev–Trinajstić information content (AvgIpc) is 1.55. The van der Waals surface area contributed by atoms with E-state index in [1.165, 1.54) is 92.6 Å². The summed E-state index contributed by atoms with van der Waals surface area (Å²) in [5.41, 5.74) is 16.8. The minimum atomic E-state index is -0.363. The standard InChI is InChI=1S/C38H23N3S2.C28H24BNO2S2.C16H11BrN2/c1-4-12-24(13-5-1)30-23-31(25-14-6-2-7-15-25)40-37(39-30)26-20-21-33-29(22-26)34-35-36(43-38(34)42-33)28-18-10-11-19-32(28)41(35)27-16-8-3-9-17-27;1-27(2)28(3,4)32-29(31-27)17-14-15-22-20(16-17)23-24-25(34-26(23)33-22)19-12-8-9-13-21(19)30(24)18-10-6-5-7-11-18;17-16-18-14(12-7-3-1-4-8-12)11-15(19-16)13-9-5-2-6-10-13/h1-23H;5-16H,1-4H3;1-11H. The van der Waals surface area contributed by atoms with Gasteiger partial charge in [-0.3, -0.25) is 0 Å². The van der Waals surface area contributed by atoms with Gasteiger partial charge in [0.15, 0.2) is 10.6 Å². The van der Waals surface area contributed by atoms with E-state index < -0.39 is 0 Å². The largest absolute Gasteiger partial charge is 0.494 e. The van der Waals surface area contributed by atoms with Gasteiger partial charge in [-0.25, -0.2) is 19.9 Å². The number of hydrogen-bond donors (Lipinski definition) is 0. The van der Waals surface area contributed by atoms with E-state index in [1.54, 1.807) is 0 Å². The summed E-state index contributed by atoms with van der Waals surface area (Å²) in [7, 11) is -0.363. The summed E-state index contributed by atoms with van der Waals surface area (Å²) in [6, 6.07) is 97.3. The molecule has 1 saturated heterocycles. The summed E-state index contributed by atoms with van der Waals surface area (Å²) in [6.07, 6.45) is 0. The molecular weight excluding hydrogens is 1320 g/mol. The van der Waals surface area contributed by atoms with Gasteiger partial charge in [0.25, 0.3) is 0 Å². The van der Waals surface area contributed by atoms with E-state index in [4.69, 9.17) is 19.3 Å². The van der Waals surface area contributed by atoms with Crippen LogP contribution in [0.3, 0.4) is 0 Å². The molecule has 0 saturated carbocycles. The summed E-state index contributed by atoms with van der Waals surface area (Å²) in [4.78, 5) is 19.1. The van der Waals surface area contributed by atoms with Gasteiger partial charge in [0.2, 0.25) is 0 Å². The minimum Gasteiger partial charge on any atom is -0.399 e. The van der Waals surface area contributed by atoms with E-state index in [1.807, 2.05) is 124 Å². The summed E-state index contributed by atoms with van der Waals surface area (Å²) < 4.78 is 26.2. The Hall–Kier alpha value is -9.74. The third-order valence-corrected chi connectivity index (χ3v) is 23.7. The van der Waals surface area contributed by atoms with E-state index in [2.05, 4.69) is 263 Å². The second-order valence-electron chi connectivity index (χ2n) is 24.9. The Morgan fingerprint density at radius 1 is 0.354 bits per heavy atom. The maximum Gasteiger partial charge on any atom is 0.494 e. The molecule has 9 heterocycles. The van der Waals surface area contributed by atoms with Crippen molar-refractivity contribution in [3.05, 3.63) is 284 Å². The van der Waals surface area contributed by atoms with Crippen LogP contribution in [0.5, 0.6) is 0 Å². The molecule has 0 bridgehead atoms. The Kier molecular flexibility index (Phi) is 15.3. The lowest BCUT2D eigenvalue weighted by atomic mass is 9.78. The molecule has 8 aromatic heterocycles. The third kappa shape index (κ3) is 10.7. The second-order valence-corrected chi connectivity index (χ2v) is 30.2. The highest BCUT2D eigenvalue weighted by atomic mass is 79.9. The number of hydrogen-bond acceptors (Lipinski definition) is 10. The van der Waals surface area contributed by atoms with Crippen molar-refractivity contribution in [2.24, 2.45) is 0 Å². The van der Waals surface area contributed by atoms with Crippen LogP contribution in [0.15, 0.2) is 284 Å². The monoisotopic (exact) mass is 1380 g/mol. The fourth-order valence-corrected chi connectivity index (χ4v) is 18.7. The highest BCUT2D eigenvalue weighted by Crippen LogP contribution is 2.51. The molecule has 19 rings (SSSR count). The Balaban J connectivity index is 0.000000117. The Morgan fingerprint density at radius 2 is 0.719 bits per heavy atom. The molecule has 18 aromatic rings. The number of rotatable bonds is 8. The average molecular weight is 1380 g/mol. The van der Waals surface area contributed by atoms with Gasteiger partial charge in [0.05, 0.1) is 73.5 Å². The number of aromatic nitrogens is 6. The van der Waals surface area contributed by atoms with Crippen LogP contribution in [-0.2, 0) is 9.31 Å². The van der Waals surface area contributed by atoms with Crippen molar-refractivity contribution in [2.45, 2.75) is 38.9 Å². The molecule has 8 nitrogen and oxygen atoms in total. The molecule has 0 spiro atoms. The molecule has 96 heavy (non-hydrogen) atoms. The van der Waals surface area contributed by atoms with Crippen LogP contribution < -0.4 is 5.46 Å². The molecular formula is C82H58BBrN6O2S4. The van der Waals surface area contributed by atoms with Crippen molar-refractivity contribution in [1.82, 2.24) is 29.1 Å². The van der Waals surface area contributed by atoms with E-state index in [-0.39, 0.29) is 18.3 Å². The topological polar surface area (TPSA) is 79.9 Å². The van der Waals surface area contributed by atoms with Crippen LogP contribution >= 0.6 is 61.3 Å². The fourth-order valence-electron chi connectivity index (χ4n) is 13.0. The summed E-state index contributed by atoms with van der Waals surface area (Å²) >= 11 is 10.9. The first-order valence-electron chi connectivity index (χ1n) is 31.9. The van der Waals surface area contributed by atoms with E-state index in [0.29, 0.717) is 4.73 Å². The number of nitrogens with zero attached hydrogens (tertiary/aromatic N) is 6. The lowest BCUT2D eigenvalue weighted by Gasteiger charge is -2.32. The fraction of sp³-hybridized carbons (Fsp3) is 0.0732. The zero-order chi connectivity index (χ0) is 64.7. The first-order chi connectivity index (χ1) is 47.0. The summed E-state index contributed by atoms with van der Waals surface area (Å²) in [5.74, 6) is 0.733. The molecule has 0 atom stereocenters. The van der Waals surface area contributed by atoms with E-state index in [0.717, 1.165) is 61.9 Å². The lowest BCUT2D eigenvalue weighted by Crippen LogP contribution is -2.41. The van der Waals surface area contributed by atoms with Gasteiger partial charge in [0.1, 0.15) is 0 Å². The SMILES string of the molecule is Brc1nc(-c2ccccc2)cc(-c2ccccc2)n1.CC1(C)OB(c2ccc3sc4sc5c6ccccc6n(-c6ccccc6)c5c4c3c2)OC1(C)C.c1ccc(-c2cc(-c3ccccc3)nc(-c3ccc4sc5sc6c7ccccc7n(-c7ccccc7)c6c5c4c3)n2)cc1. The Morgan fingerprint density at radius 3 is 1.15 bits per heavy atom. The van der Waals surface area contributed by atoms with Crippen LogP contribution in [0.25, 0.3) is 149 Å². The highest BCUT2D eigenvalue weighted by molar-refractivity contribution is 9.10. The molecule has 1 aliphatic rings. The predicted octanol–water partition coefficient (Wildman–Crippen LogP) is 23.1. The molecule has 0 N–H and O–H groups in total. The molecule has 0 aliphatic carbocycles. The van der Waals surface area contributed by atoms with Gasteiger partial charge in [-0.15, -0.1) is 45.3 Å². The molecule has 462 valence electrons. The summed E-state index contributed by atoms with van der Waals surface area (Å²) in [6.45, 7) is 8.42. The van der Waals surface area contributed by atoms with Crippen molar-refractivity contribution >= 4 is 155 Å². The molecule has 0 unspecified atom stereocenters. The van der Waals surface area contributed by atoms with Crippen molar-refractivity contribution in [2.75, 3.05) is 0 Å². The van der Waals surface area contributed by atoms with Gasteiger partial charge in [0, 0.05) is 80.9 Å². The van der Waals surface area contributed by atoms with Crippen LogP contribution in [-0.4, -0.2) is 47.4 Å². The van der Waals surface area contributed by atoms with Crippen LogP contribution in [0, 0.1) is 0 Å². The van der Waals surface area contributed by atoms with Crippen LogP contribution in [0.4, 0.5) is 0 Å². The molecule has 10 aromatic carbocycles. The smallest absolute Gasteiger partial charge is 0.399 e. The van der Waals surface area contributed by atoms with E-state index in [9.17, 15) is 0 Å². The number of benzene rings is 10. The van der Waals surface area contributed by atoms with Gasteiger partial charge in [-0.1, -0.05) is 206 Å². The van der Waals surface area contributed by atoms with Gasteiger partial charge >= 0.3 is 7.12 Å². The van der Waals surface area contributed by atoms with Crippen LogP contribution in [0.1, 0.15) is 27.7 Å². The lowest BCUT2D eigenvalue weighted by molar-refractivity contribution is 0.00578. The third-order valence-electron chi connectivity index (χ3n) is 18.4. The van der Waals surface area contributed by atoms with Crippen molar-refractivity contribution < 1.29 is 9.31 Å². The zero-order valence-corrected chi connectivity index (χ0v) is 57.5. The number of para-hydroxylation sites is 4. The maximum atomic E-state index is 6.38. The van der Waals surface area contributed by atoms with Gasteiger partial charge < -0.3 is 18.4 Å². The second kappa shape index (κ2) is 24.5. The number of fused-ring (bicyclic) bond motifs is 14. The molecule has 0 amide bonds. The van der Waals surface area contributed by atoms with Crippen molar-refractivity contribution in [1.29, 1.82) is 0 Å². The maximum absolute atomic E-state index is 6.38. The van der Waals surface area contributed by atoms with Crippen molar-refractivity contribution in [3.63, 3.8) is 0 Å². The number of halogens is 1. The zero-order valence-electron chi connectivity index (χ0n) is 52.6. The van der Waals surface area contributed by atoms with E-state index >= 15 is 0 Å². The predicted molar refractivity (Wildman–Crippen MR) is 411 cm³/mol. The molecule has 1 fully saturated rings. The Labute approximate surface area is 579 Å². The van der Waals surface area contributed by atoms with Crippen LogP contribution in [0.2, 0.25) is 0 Å². The number of thiophene rings is 4. The molecule has 14 heteroatoms. The highest BCUT2D eigenvalue weighted by Gasteiger charge is 2.51. The van der Waals surface area contributed by atoms with Gasteiger partial charge in [-0.2, -0.15) is 0 Å². The van der Waals surface area contributed by atoms with Gasteiger partial charge in [-0.05, 0) is 122 Å². The summed E-state index contributed by atoms with van der Waals surface area (Å²) in [5, 5.41) is 7.77. The molecule has 0 radical (unpaired) electrons. The van der Waals surface area contributed by atoms with Crippen molar-refractivity contribution in [3.8, 4) is 67.8 Å². The first kappa shape index (κ1) is 60.0. The Bertz CT molecular complexity index is 5800. The quantitative estimate of drug-likeness (QED) is 0.111. The minimum absolute atomic E-state index is 0.355.